The van der Waals surface area contributed by atoms with E-state index in [0.29, 0.717) is 5.41 Å². The van der Waals surface area contributed by atoms with E-state index in [-0.39, 0.29) is 0 Å². The molecule has 0 bridgehead atoms. The third kappa shape index (κ3) is 1.61. The Kier molecular flexibility index (Phi) is 2.12. The van der Waals surface area contributed by atoms with Crippen molar-refractivity contribution < 1.29 is 0 Å². The lowest BCUT2D eigenvalue weighted by Gasteiger charge is -2.24. The van der Waals surface area contributed by atoms with Gasteiger partial charge in [-0.05, 0) is 29.5 Å². The smallest absolute Gasteiger partial charge is 0.0208 e. The first-order valence-electron chi connectivity index (χ1n) is 4.99. The minimum Gasteiger partial charge on any atom is -0.313 e. The first-order chi connectivity index (χ1) is 6.20. The Labute approximate surface area is 80.2 Å². The summed E-state index contributed by atoms with van der Waals surface area (Å²) in [5.74, 6) is 0. The summed E-state index contributed by atoms with van der Waals surface area (Å²) in [5.41, 5.74) is 3.31. The lowest BCUT2D eigenvalue weighted by Crippen LogP contribution is -2.20. The average Bonchev–Trinajstić information content (AvgIpc) is 2.26. The van der Waals surface area contributed by atoms with Gasteiger partial charge in [0.25, 0.3) is 0 Å². The SMILES string of the molecule is CC1(C)CCNCc2ccccc21. The van der Waals surface area contributed by atoms with Crippen LogP contribution in [-0.4, -0.2) is 6.54 Å². The number of rotatable bonds is 0. The summed E-state index contributed by atoms with van der Waals surface area (Å²) in [6, 6.07) is 8.77. The highest BCUT2D eigenvalue weighted by atomic mass is 14.9. The molecule has 2 rings (SSSR count). The van der Waals surface area contributed by atoms with Crippen LogP contribution in [0.1, 0.15) is 31.4 Å². The molecule has 1 heteroatoms. The highest BCUT2D eigenvalue weighted by Gasteiger charge is 2.24. The van der Waals surface area contributed by atoms with Gasteiger partial charge < -0.3 is 5.32 Å². The molecule has 13 heavy (non-hydrogen) atoms. The fraction of sp³-hybridized carbons (Fsp3) is 0.500. The molecule has 0 spiro atoms. The molecule has 0 aliphatic carbocycles. The number of benzene rings is 1. The molecule has 1 aromatic rings. The predicted molar refractivity (Wildman–Crippen MR) is 55.8 cm³/mol. The Bertz CT molecular complexity index is 302. The molecule has 0 saturated carbocycles. The maximum Gasteiger partial charge on any atom is 0.0208 e. The monoisotopic (exact) mass is 175 g/mol. The molecular formula is C12H17N. The molecule has 70 valence electrons. The van der Waals surface area contributed by atoms with Gasteiger partial charge in [0, 0.05) is 6.54 Å². The van der Waals surface area contributed by atoms with Crippen molar-refractivity contribution in [2.75, 3.05) is 6.54 Å². The van der Waals surface area contributed by atoms with Gasteiger partial charge in [-0.25, -0.2) is 0 Å². The zero-order valence-electron chi connectivity index (χ0n) is 8.43. The summed E-state index contributed by atoms with van der Waals surface area (Å²) in [7, 11) is 0. The summed E-state index contributed by atoms with van der Waals surface area (Å²) in [4.78, 5) is 0. The number of hydrogen-bond donors (Lipinski definition) is 1. The second-order valence-electron chi connectivity index (χ2n) is 4.47. The van der Waals surface area contributed by atoms with Crippen molar-refractivity contribution in [3.63, 3.8) is 0 Å². The van der Waals surface area contributed by atoms with Gasteiger partial charge >= 0.3 is 0 Å². The number of nitrogens with one attached hydrogen (secondary N) is 1. The molecule has 1 nitrogen and oxygen atoms in total. The van der Waals surface area contributed by atoms with Crippen molar-refractivity contribution in [3.8, 4) is 0 Å². The molecule has 1 aliphatic heterocycles. The predicted octanol–water partition coefficient (Wildman–Crippen LogP) is 2.46. The fourth-order valence-corrected chi connectivity index (χ4v) is 2.09. The number of hydrogen-bond acceptors (Lipinski definition) is 1. The van der Waals surface area contributed by atoms with Crippen LogP contribution in [0.2, 0.25) is 0 Å². The van der Waals surface area contributed by atoms with Crippen LogP contribution in [0, 0.1) is 0 Å². The van der Waals surface area contributed by atoms with Crippen LogP contribution in [0.15, 0.2) is 24.3 Å². The van der Waals surface area contributed by atoms with Crippen LogP contribution in [0.5, 0.6) is 0 Å². The molecule has 0 amide bonds. The van der Waals surface area contributed by atoms with Crippen molar-refractivity contribution in [1.29, 1.82) is 0 Å². The van der Waals surface area contributed by atoms with E-state index in [1.54, 1.807) is 0 Å². The Balaban J connectivity index is 2.48. The van der Waals surface area contributed by atoms with Crippen LogP contribution in [0.3, 0.4) is 0 Å². The lowest BCUT2D eigenvalue weighted by atomic mass is 9.80. The van der Waals surface area contributed by atoms with Gasteiger partial charge in [0.2, 0.25) is 0 Å². The zero-order valence-corrected chi connectivity index (χ0v) is 8.43. The van der Waals surface area contributed by atoms with Crippen molar-refractivity contribution in [1.82, 2.24) is 5.32 Å². The largest absolute Gasteiger partial charge is 0.313 e. The summed E-state index contributed by atoms with van der Waals surface area (Å²) in [5, 5.41) is 3.46. The van der Waals surface area contributed by atoms with Crippen molar-refractivity contribution >= 4 is 0 Å². The Morgan fingerprint density at radius 3 is 2.85 bits per heavy atom. The minimum atomic E-state index is 0.333. The first-order valence-corrected chi connectivity index (χ1v) is 4.99. The molecule has 0 atom stereocenters. The second-order valence-corrected chi connectivity index (χ2v) is 4.47. The molecule has 1 aliphatic rings. The molecule has 1 heterocycles. The summed E-state index contributed by atoms with van der Waals surface area (Å²) in [6.07, 6.45) is 1.23. The lowest BCUT2D eigenvalue weighted by molar-refractivity contribution is 0.477. The fourth-order valence-electron chi connectivity index (χ4n) is 2.09. The van der Waals surface area contributed by atoms with E-state index in [1.165, 1.54) is 17.5 Å². The molecule has 0 radical (unpaired) electrons. The molecule has 1 aromatic carbocycles. The summed E-state index contributed by atoms with van der Waals surface area (Å²) in [6.45, 7) is 6.82. The van der Waals surface area contributed by atoms with Gasteiger partial charge in [-0.15, -0.1) is 0 Å². The molecule has 0 fully saturated rings. The van der Waals surface area contributed by atoms with Crippen LogP contribution < -0.4 is 5.32 Å². The van der Waals surface area contributed by atoms with Crippen LogP contribution in [-0.2, 0) is 12.0 Å². The quantitative estimate of drug-likeness (QED) is 0.638. The highest BCUT2D eigenvalue weighted by Crippen LogP contribution is 2.31. The van der Waals surface area contributed by atoms with E-state index < -0.39 is 0 Å². The maximum atomic E-state index is 3.46. The van der Waals surface area contributed by atoms with E-state index in [9.17, 15) is 0 Å². The first kappa shape index (κ1) is 8.76. The van der Waals surface area contributed by atoms with Gasteiger partial charge in [0.1, 0.15) is 0 Å². The zero-order chi connectivity index (χ0) is 9.31. The molecule has 0 saturated heterocycles. The van der Waals surface area contributed by atoms with Crippen LogP contribution in [0.4, 0.5) is 0 Å². The Morgan fingerprint density at radius 1 is 1.23 bits per heavy atom. The number of fused-ring (bicyclic) bond motifs is 1. The minimum absolute atomic E-state index is 0.333. The molecule has 0 unspecified atom stereocenters. The maximum absolute atomic E-state index is 3.46. The van der Waals surface area contributed by atoms with Gasteiger partial charge in [-0.1, -0.05) is 38.1 Å². The topological polar surface area (TPSA) is 12.0 Å². The van der Waals surface area contributed by atoms with Gasteiger partial charge in [0.05, 0.1) is 0 Å². The van der Waals surface area contributed by atoms with E-state index in [0.717, 1.165) is 13.1 Å². The van der Waals surface area contributed by atoms with Gasteiger partial charge in [0.15, 0.2) is 0 Å². The summed E-state index contributed by atoms with van der Waals surface area (Å²) >= 11 is 0. The molecular weight excluding hydrogens is 158 g/mol. The molecule has 1 N–H and O–H groups in total. The van der Waals surface area contributed by atoms with Gasteiger partial charge in [-0.2, -0.15) is 0 Å². The van der Waals surface area contributed by atoms with Crippen LogP contribution in [0.25, 0.3) is 0 Å². The standard InChI is InChI=1S/C12H17N/c1-12(2)7-8-13-9-10-5-3-4-6-11(10)12/h3-6,13H,7-9H2,1-2H3. The van der Waals surface area contributed by atoms with Crippen molar-refractivity contribution in [2.24, 2.45) is 0 Å². The Morgan fingerprint density at radius 2 is 2.00 bits per heavy atom. The van der Waals surface area contributed by atoms with E-state index in [2.05, 4.69) is 43.4 Å². The third-order valence-corrected chi connectivity index (χ3v) is 2.99. The van der Waals surface area contributed by atoms with E-state index in [4.69, 9.17) is 0 Å². The Hall–Kier alpha value is -0.820. The van der Waals surface area contributed by atoms with E-state index in [1.807, 2.05) is 0 Å². The van der Waals surface area contributed by atoms with Crippen molar-refractivity contribution in [3.05, 3.63) is 35.4 Å². The third-order valence-electron chi connectivity index (χ3n) is 2.99. The highest BCUT2D eigenvalue weighted by molar-refractivity contribution is 5.34. The molecule has 0 aromatic heterocycles. The van der Waals surface area contributed by atoms with E-state index >= 15 is 0 Å². The van der Waals surface area contributed by atoms with Crippen LogP contribution >= 0.6 is 0 Å². The summed E-state index contributed by atoms with van der Waals surface area (Å²) < 4.78 is 0. The van der Waals surface area contributed by atoms with Gasteiger partial charge in [-0.3, -0.25) is 0 Å². The second kappa shape index (κ2) is 3.15. The average molecular weight is 175 g/mol. The normalized spacial score (nSPS) is 20.5. The van der Waals surface area contributed by atoms with Crippen molar-refractivity contribution in [2.45, 2.75) is 32.2 Å².